The first-order valence-electron chi connectivity index (χ1n) is 9.94. The number of H-pyrrole nitrogens is 1. The van der Waals surface area contributed by atoms with Gasteiger partial charge in [0.25, 0.3) is 0 Å². The van der Waals surface area contributed by atoms with Crippen molar-refractivity contribution in [2.45, 2.75) is 31.3 Å². The summed E-state index contributed by atoms with van der Waals surface area (Å²) in [5.41, 5.74) is 1.96. The molecule has 4 heterocycles. The maximum Gasteiger partial charge on any atom is 0.198 e. The Labute approximate surface area is 167 Å². The monoisotopic (exact) mass is 395 g/mol. The lowest BCUT2D eigenvalue weighted by atomic mass is 10.2. The zero-order valence-corrected chi connectivity index (χ0v) is 16.6. The van der Waals surface area contributed by atoms with Crippen LogP contribution < -0.4 is 15.6 Å². The molecule has 3 aromatic heterocycles. The van der Waals surface area contributed by atoms with Gasteiger partial charge >= 0.3 is 0 Å². The zero-order valence-electron chi connectivity index (χ0n) is 16.6. The van der Waals surface area contributed by atoms with Gasteiger partial charge in [-0.05, 0) is 38.9 Å². The van der Waals surface area contributed by atoms with E-state index in [2.05, 4.69) is 34.0 Å². The largest absolute Gasteiger partial charge is 0.494 e. The Kier molecular flexibility index (Phi) is 4.20. The lowest BCUT2D eigenvalue weighted by Gasteiger charge is -2.25. The normalized spacial score (nSPS) is 21.5. The predicted molar refractivity (Wildman–Crippen MR) is 109 cm³/mol. The van der Waals surface area contributed by atoms with Crippen LogP contribution in [0.4, 0.5) is 5.82 Å². The molecular formula is C20H25N7O2. The minimum absolute atomic E-state index is 0.0895. The van der Waals surface area contributed by atoms with Crippen LogP contribution in [0, 0.1) is 0 Å². The number of anilines is 1. The molecule has 1 unspecified atom stereocenters. The van der Waals surface area contributed by atoms with Crippen molar-refractivity contribution in [2.75, 3.05) is 32.1 Å². The van der Waals surface area contributed by atoms with Crippen LogP contribution in [0.15, 0.2) is 23.3 Å². The number of likely N-dealkylation sites (tertiary alicyclic amines) is 1. The smallest absolute Gasteiger partial charge is 0.198 e. The Balaban J connectivity index is 1.66. The number of hydrogen-bond acceptors (Lipinski definition) is 7. The fraction of sp³-hybridized carbons (Fsp3) is 0.450. The van der Waals surface area contributed by atoms with E-state index >= 15 is 0 Å². The molecule has 0 aromatic carbocycles. The molecule has 29 heavy (non-hydrogen) atoms. The van der Waals surface area contributed by atoms with E-state index in [4.69, 9.17) is 9.98 Å². The molecule has 5 rings (SSSR count). The summed E-state index contributed by atoms with van der Waals surface area (Å²) in [6.07, 6.45) is 6.79. The highest BCUT2D eigenvalue weighted by molar-refractivity contribution is 5.62. The van der Waals surface area contributed by atoms with Gasteiger partial charge in [-0.25, -0.2) is 4.98 Å². The van der Waals surface area contributed by atoms with Gasteiger partial charge in [0.15, 0.2) is 22.9 Å². The minimum Gasteiger partial charge on any atom is -0.494 e. The molecule has 0 amide bonds. The highest BCUT2D eigenvalue weighted by Crippen LogP contribution is 2.24. The van der Waals surface area contributed by atoms with Gasteiger partial charge < -0.3 is 20.0 Å². The zero-order chi connectivity index (χ0) is 20.1. The predicted octanol–water partition coefficient (Wildman–Crippen LogP) is 0.220. The number of aromatic hydroxyl groups is 2. The van der Waals surface area contributed by atoms with Crippen LogP contribution in [0.3, 0.4) is 0 Å². The van der Waals surface area contributed by atoms with E-state index in [1.54, 1.807) is 16.8 Å². The molecule has 0 bridgehead atoms. The van der Waals surface area contributed by atoms with Crippen molar-refractivity contribution in [3.05, 3.63) is 34.6 Å². The molecule has 1 saturated heterocycles. The Bertz CT molecular complexity index is 1180. The molecule has 9 heteroatoms. The van der Waals surface area contributed by atoms with Crippen LogP contribution in [0.5, 0.6) is 11.8 Å². The van der Waals surface area contributed by atoms with Gasteiger partial charge in [-0.1, -0.05) is 0 Å². The van der Waals surface area contributed by atoms with Crippen molar-refractivity contribution in [1.29, 1.82) is 0 Å². The van der Waals surface area contributed by atoms with E-state index in [0.717, 1.165) is 48.9 Å². The molecule has 2 fully saturated rings. The highest BCUT2D eigenvalue weighted by Gasteiger charge is 2.25. The standard InChI is InChI=1S/C20H25N7O2/c1-25-6-5-15(11-25)26(2)16-9-17(22-14-3-4-14)27-19(23-16)13(10-21-27)7-12-8-18(28)24-20(12)29/h7-10,14-15,24,28-29H,3-6,11H2,1-2H3. The van der Waals surface area contributed by atoms with Crippen molar-refractivity contribution in [3.8, 4) is 11.8 Å². The van der Waals surface area contributed by atoms with Crippen molar-refractivity contribution in [1.82, 2.24) is 24.5 Å². The molecule has 1 aliphatic carbocycles. The molecule has 2 aliphatic rings. The third kappa shape index (κ3) is 3.42. The van der Waals surface area contributed by atoms with Gasteiger partial charge in [-0.2, -0.15) is 9.61 Å². The van der Waals surface area contributed by atoms with E-state index in [0.29, 0.717) is 23.3 Å². The number of aromatic nitrogens is 4. The lowest BCUT2D eigenvalue weighted by molar-refractivity contribution is 0.409. The molecule has 1 atom stereocenters. The van der Waals surface area contributed by atoms with Crippen molar-refractivity contribution in [3.63, 3.8) is 0 Å². The van der Waals surface area contributed by atoms with Crippen LogP contribution in [0.1, 0.15) is 24.8 Å². The lowest BCUT2D eigenvalue weighted by Crippen LogP contribution is -2.35. The van der Waals surface area contributed by atoms with Gasteiger partial charge in [0.1, 0.15) is 5.82 Å². The Morgan fingerprint density at radius 2 is 2.10 bits per heavy atom. The second-order valence-corrected chi connectivity index (χ2v) is 8.09. The molecule has 3 N–H and O–H groups in total. The molecule has 1 aliphatic heterocycles. The maximum atomic E-state index is 9.97. The number of fused-ring (bicyclic) bond motifs is 1. The molecule has 1 saturated carbocycles. The van der Waals surface area contributed by atoms with Gasteiger partial charge in [0, 0.05) is 42.5 Å². The summed E-state index contributed by atoms with van der Waals surface area (Å²) >= 11 is 0. The average Bonchev–Trinajstić information content (AvgIpc) is 3.09. The van der Waals surface area contributed by atoms with E-state index in [1.807, 2.05) is 6.07 Å². The van der Waals surface area contributed by atoms with Gasteiger partial charge in [0.2, 0.25) is 0 Å². The number of likely N-dealkylation sites (N-methyl/N-ethyl adjacent to an activating group) is 2. The van der Waals surface area contributed by atoms with Crippen molar-refractivity contribution in [2.24, 2.45) is 4.99 Å². The second kappa shape index (κ2) is 6.77. The summed E-state index contributed by atoms with van der Waals surface area (Å²) in [7, 11) is 4.22. The quantitative estimate of drug-likeness (QED) is 0.584. The third-order valence-corrected chi connectivity index (χ3v) is 5.73. The van der Waals surface area contributed by atoms with E-state index < -0.39 is 0 Å². The van der Waals surface area contributed by atoms with E-state index in [9.17, 15) is 10.2 Å². The Morgan fingerprint density at radius 1 is 1.28 bits per heavy atom. The fourth-order valence-corrected chi connectivity index (χ4v) is 3.85. The first-order valence-corrected chi connectivity index (χ1v) is 9.94. The van der Waals surface area contributed by atoms with Gasteiger partial charge in [-0.15, -0.1) is 0 Å². The molecule has 0 spiro atoms. The van der Waals surface area contributed by atoms with Crippen LogP contribution in [-0.2, 0) is 0 Å². The number of nitrogens with zero attached hydrogens (tertiary/aromatic N) is 6. The summed E-state index contributed by atoms with van der Waals surface area (Å²) in [5, 5.41) is 24.8. The second-order valence-electron chi connectivity index (χ2n) is 8.09. The minimum atomic E-state index is -0.0907. The van der Waals surface area contributed by atoms with Crippen LogP contribution in [0.2, 0.25) is 0 Å². The molecule has 3 aromatic rings. The third-order valence-electron chi connectivity index (χ3n) is 5.73. The topological polar surface area (TPSA) is 105 Å². The molecule has 0 radical (unpaired) electrons. The summed E-state index contributed by atoms with van der Waals surface area (Å²) in [6.45, 7) is 2.09. The van der Waals surface area contributed by atoms with E-state index in [1.165, 1.54) is 6.07 Å². The number of hydrogen-bond donors (Lipinski definition) is 3. The number of aromatic amines is 1. The van der Waals surface area contributed by atoms with Gasteiger partial charge in [0.05, 0.1) is 12.2 Å². The van der Waals surface area contributed by atoms with Crippen molar-refractivity contribution >= 4 is 17.5 Å². The maximum absolute atomic E-state index is 9.97. The number of rotatable bonds is 4. The summed E-state index contributed by atoms with van der Waals surface area (Å²) in [6, 6.07) is 4.25. The number of nitrogens with one attached hydrogen (secondary N) is 1. The van der Waals surface area contributed by atoms with Gasteiger partial charge in [-0.3, -0.25) is 9.98 Å². The first-order chi connectivity index (χ1) is 14.0. The van der Waals surface area contributed by atoms with Crippen LogP contribution in [0.25, 0.3) is 11.7 Å². The molecule has 9 nitrogen and oxygen atoms in total. The summed E-state index contributed by atoms with van der Waals surface area (Å²) in [5.74, 6) is 0.689. The molecule has 152 valence electrons. The van der Waals surface area contributed by atoms with Crippen LogP contribution in [-0.4, -0.2) is 74.0 Å². The van der Waals surface area contributed by atoms with Crippen molar-refractivity contribution < 1.29 is 10.2 Å². The molecular weight excluding hydrogens is 370 g/mol. The SMILES string of the molecule is CN1CCC(N(C)c2cc(=NC3CC3)n3ncc(=Cc4cc(O)[nH]c4O)c3n2)C1. The average molecular weight is 395 g/mol. The summed E-state index contributed by atoms with van der Waals surface area (Å²) in [4.78, 5) is 16.8. The summed E-state index contributed by atoms with van der Waals surface area (Å²) < 4.78 is 1.76. The van der Waals surface area contributed by atoms with E-state index in [-0.39, 0.29) is 11.8 Å². The Hall–Kier alpha value is -3.07. The first kappa shape index (κ1) is 18.0. The Morgan fingerprint density at radius 3 is 2.76 bits per heavy atom. The van der Waals surface area contributed by atoms with Crippen LogP contribution >= 0.6 is 0 Å². The highest BCUT2D eigenvalue weighted by atomic mass is 16.3. The fourth-order valence-electron chi connectivity index (χ4n) is 3.85.